The van der Waals surface area contributed by atoms with Crippen molar-refractivity contribution in [1.82, 2.24) is 5.32 Å². The van der Waals surface area contributed by atoms with Gasteiger partial charge in [0.25, 0.3) is 0 Å². The van der Waals surface area contributed by atoms with Crippen molar-refractivity contribution in [2.45, 2.75) is 26.7 Å². The molecule has 0 spiro atoms. The molecular formula is C13H18FNO. The van der Waals surface area contributed by atoms with Crippen molar-refractivity contribution in [3.05, 3.63) is 35.6 Å². The summed E-state index contributed by atoms with van der Waals surface area (Å²) >= 11 is 0. The van der Waals surface area contributed by atoms with Gasteiger partial charge in [-0.25, -0.2) is 4.39 Å². The highest BCUT2D eigenvalue weighted by atomic mass is 19.1. The van der Waals surface area contributed by atoms with Gasteiger partial charge in [-0.2, -0.15) is 0 Å². The zero-order valence-corrected chi connectivity index (χ0v) is 9.79. The molecule has 0 heterocycles. The normalized spacial score (nSPS) is 10.5. The van der Waals surface area contributed by atoms with E-state index in [0.29, 0.717) is 6.54 Å². The molecule has 1 aromatic carbocycles. The van der Waals surface area contributed by atoms with Crippen LogP contribution in [0.1, 0.15) is 25.8 Å². The minimum atomic E-state index is -0.211. The molecule has 1 rings (SSSR count). The topological polar surface area (TPSA) is 29.1 Å². The van der Waals surface area contributed by atoms with Gasteiger partial charge in [0.05, 0.1) is 0 Å². The molecule has 0 aliphatic carbocycles. The van der Waals surface area contributed by atoms with Gasteiger partial charge in [-0.15, -0.1) is 0 Å². The van der Waals surface area contributed by atoms with Crippen molar-refractivity contribution < 1.29 is 9.18 Å². The predicted molar refractivity (Wildman–Crippen MR) is 62.6 cm³/mol. The van der Waals surface area contributed by atoms with E-state index in [2.05, 4.69) is 5.32 Å². The Morgan fingerprint density at radius 1 is 1.31 bits per heavy atom. The van der Waals surface area contributed by atoms with Gasteiger partial charge in [-0.1, -0.05) is 26.0 Å². The van der Waals surface area contributed by atoms with Gasteiger partial charge in [-0.3, -0.25) is 4.79 Å². The minimum Gasteiger partial charge on any atom is -0.356 e. The molecule has 0 aliphatic rings. The number of benzene rings is 1. The molecule has 1 amide bonds. The van der Waals surface area contributed by atoms with E-state index in [1.54, 1.807) is 12.1 Å². The maximum atomic E-state index is 12.6. The highest BCUT2D eigenvalue weighted by Gasteiger charge is 2.04. The molecule has 0 atom stereocenters. The van der Waals surface area contributed by atoms with Crippen molar-refractivity contribution in [2.24, 2.45) is 5.92 Å². The van der Waals surface area contributed by atoms with Crippen LogP contribution in [-0.4, -0.2) is 12.5 Å². The molecule has 16 heavy (non-hydrogen) atoms. The molecule has 0 radical (unpaired) electrons. The fourth-order valence-electron chi connectivity index (χ4n) is 1.36. The Kier molecular flexibility index (Phi) is 4.96. The number of hydrogen-bond acceptors (Lipinski definition) is 1. The van der Waals surface area contributed by atoms with Crippen molar-refractivity contribution in [3.8, 4) is 0 Å². The summed E-state index contributed by atoms with van der Waals surface area (Å²) in [4.78, 5) is 11.2. The van der Waals surface area contributed by atoms with E-state index in [1.165, 1.54) is 12.1 Å². The van der Waals surface area contributed by atoms with Crippen molar-refractivity contribution in [3.63, 3.8) is 0 Å². The lowest BCUT2D eigenvalue weighted by Crippen LogP contribution is -2.28. The molecular weight excluding hydrogens is 205 g/mol. The molecule has 0 aromatic heterocycles. The maximum absolute atomic E-state index is 12.6. The van der Waals surface area contributed by atoms with E-state index >= 15 is 0 Å². The van der Waals surface area contributed by atoms with Crippen LogP contribution >= 0.6 is 0 Å². The zero-order chi connectivity index (χ0) is 12.0. The van der Waals surface area contributed by atoms with Crippen molar-refractivity contribution in [1.29, 1.82) is 0 Å². The van der Waals surface area contributed by atoms with Crippen LogP contribution in [0, 0.1) is 11.7 Å². The van der Waals surface area contributed by atoms with Gasteiger partial charge < -0.3 is 5.32 Å². The minimum absolute atomic E-state index is 0.0332. The monoisotopic (exact) mass is 223 g/mol. The summed E-state index contributed by atoms with van der Waals surface area (Å²) < 4.78 is 12.6. The standard InChI is InChI=1S/C13H18FNO/c1-10(2)13(16)15-9-3-4-11-5-7-12(14)8-6-11/h5-8,10H,3-4,9H2,1-2H3,(H,15,16). The highest BCUT2D eigenvalue weighted by Crippen LogP contribution is 2.05. The fourth-order valence-corrected chi connectivity index (χ4v) is 1.36. The Morgan fingerprint density at radius 2 is 1.94 bits per heavy atom. The maximum Gasteiger partial charge on any atom is 0.222 e. The Bertz CT molecular complexity index is 332. The summed E-state index contributed by atoms with van der Waals surface area (Å²) in [6.45, 7) is 4.42. The third kappa shape index (κ3) is 4.43. The predicted octanol–water partition coefficient (Wildman–Crippen LogP) is 2.53. The van der Waals surface area contributed by atoms with Crippen LogP contribution in [0.15, 0.2) is 24.3 Å². The van der Waals surface area contributed by atoms with E-state index in [-0.39, 0.29) is 17.6 Å². The molecule has 88 valence electrons. The summed E-state index contributed by atoms with van der Waals surface area (Å²) in [6.07, 6.45) is 1.74. The molecule has 0 saturated heterocycles. The average Bonchev–Trinajstić information content (AvgIpc) is 2.26. The number of rotatable bonds is 5. The van der Waals surface area contributed by atoms with E-state index in [1.807, 2.05) is 13.8 Å². The van der Waals surface area contributed by atoms with Gasteiger partial charge in [0.15, 0.2) is 0 Å². The second kappa shape index (κ2) is 6.26. The van der Waals surface area contributed by atoms with E-state index < -0.39 is 0 Å². The van der Waals surface area contributed by atoms with Gasteiger partial charge in [0, 0.05) is 12.5 Å². The molecule has 1 aromatic rings. The van der Waals surface area contributed by atoms with Gasteiger partial charge in [0.1, 0.15) is 5.82 Å². The van der Waals surface area contributed by atoms with Gasteiger partial charge >= 0.3 is 0 Å². The average molecular weight is 223 g/mol. The first kappa shape index (κ1) is 12.7. The number of carbonyl (C=O) groups excluding carboxylic acids is 1. The Balaban J connectivity index is 2.21. The third-order valence-electron chi connectivity index (χ3n) is 2.38. The quantitative estimate of drug-likeness (QED) is 0.764. The number of hydrogen-bond donors (Lipinski definition) is 1. The number of nitrogens with one attached hydrogen (secondary N) is 1. The SMILES string of the molecule is CC(C)C(=O)NCCCc1ccc(F)cc1. The highest BCUT2D eigenvalue weighted by molar-refractivity contribution is 5.77. The lowest BCUT2D eigenvalue weighted by molar-refractivity contribution is -0.123. The molecule has 0 unspecified atom stereocenters. The molecule has 0 fully saturated rings. The Hall–Kier alpha value is -1.38. The number of carbonyl (C=O) groups is 1. The first-order chi connectivity index (χ1) is 7.59. The van der Waals surface area contributed by atoms with Crippen LogP contribution in [0.3, 0.4) is 0 Å². The summed E-state index contributed by atoms with van der Waals surface area (Å²) in [5.41, 5.74) is 1.10. The van der Waals surface area contributed by atoms with Crippen molar-refractivity contribution >= 4 is 5.91 Å². The van der Waals surface area contributed by atoms with Crippen LogP contribution < -0.4 is 5.32 Å². The molecule has 0 bridgehead atoms. The molecule has 0 saturated carbocycles. The number of amides is 1. The second-order valence-corrected chi connectivity index (χ2v) is 4.18. The molecule has 1 N–H and O–H groups in total. The summed E-state index contributed by atoms with van der Waals surface area (Å²) in [7, 11) is 0. The molecule has 3 heteroatoms. The summed E-state index contributed by atoms with van der Waals surface area (Å²) in [5.74, 6) is -0.0956. The third-order valence-corrected chi connectivity index (χ3v) is 2.38. The smallest absolute Gasteiger partial charge is 0.222 e. The Labute approximate surface area is 95.9 Å². The summed E-state index contributed by atoms with van der Waals surface area (Å²) in [5, 5.41) is 2.85. The largest absolute Gasteiger partial charge is 0.356 e. The van der Waals surface area contributed by atoms with Crippen LogP contribution in [0.5, 0.6) is 0 Å². The van der Waals surface area contributed by atoms with Crippen LogP contribution in [0.4, 0.5) is 4.39 Å². The van der Waals surface area contributed by atoms with Crippen LogP contribution in [0.2, 0.25) is 0 Å². The lowest BCUT2D eigenvalue weighted by Gasteiger charge is -2.07. The second-order valence-electron chi connectivity index (χ2n) is 4.18. The summed E-state index contributed by atoms with van der Waals surface area (Å²) in [6, 6.07) is 6.48. The van der Waals surface area contributed by atoms with E-state index in [9.17, 15) is 9.18 Å². The van der Waals surface area contributed by atoms with Gasteiger partial charge in [-0.05, 0) is 30.5 Å². The first-order valence-corrected chi connectivity index (χ1v) is 5.61. The van der Waals surface area contributed by atoms with E-state index in [4.69, 9.17) is 0 Å². The molecule has 0 aliphatic heterocycles. The van der Waals surface area contributed by atoms with E-state index in [0.717, 1.165) is 18.4 Å². The molecule has 2 nitrogen and oxygen atoms in total. The zero-order valence-electron chi connectivity index (χ0n) is 9.79. The van der Waals surface area contributed by atoms with Crippen LogP contribution in [0.25, 0.3) is 0 Å². The van der Waals surface area contributed by atoms with Crippen molar-refractivity contribution in [2.75, 3.05) is 6.54 Å². The van der Waals surface area contributed by atoms with Gasteiger partial charge in [0.2, 0.25) is 5.91 Å². The lowest BCUT2D eigenvalue weighted by atomic mass is 10.1. The fraction of sp³-hybridized carbons (Fsp3) is 0.462. The Morgan fingerprint density at radius 3 is 2.50 bits per heavy atom. The van der Waals surface area contributed by atoms with Crippen LogP contribution in [-0.2, 0) is 11.2 Å². The number of aryl methyl sites for hydroxylation is 1. The number of halogens is 1. The first-order valence-electron chi connectivity index (χ1n) is 5.61.